The highest BCUT2D eigenvalue weighted by Crippen LogP contribution is 2.47. The molecule has 0 atom stereocenters. The predicted molar refractivity (Wildman–Crippen MR) is 64.1 cm³/mol. The van der Waals surface area contributed by atoms with E-state index in [-0.39, 0.29) is 17.1 Å². The molecule has 1 fully saturated rings. The van der Waals surface area contributed by atoms with E-state index in [0.29, 0.717) is 31.2 Å². The maximum absolute atomic E-state index is 11.8. The van der Waals surface area contributed by atoms with Crippen LogP contribution in [0.15, 0.2) is 18.5 Å². The molecular weight excluding hydrogens is 254 g/mol. The number of ether oxygens (including phenoxy) is 1. The molecule has 0 radical (unpaired) electrons. The van der Waals surface area contributed by atoms with Crippen molar-refractivity contribution < 1.29 is 14.3 Å². The highest BCUT2D eigenvalue weighted by molar-refractivity contribution is 6.63. The van der Waals surface area contributed by atoms with E-state index < -0.39 is 5.60 Å². The van der Waals surface area contributed by atoms with Crippen molar-refractivity contribution in [1.29, 1.82) is 0 Å². The molecule has 1 aromatic heterocycles. The fourth-order valence-corrected chi connectivity index (χ4v) is 3.12. The highest BCUT2D eigenvalue weighted by atomic mass is 35.5. The van der Waals surface area contributed by atoms with E-state index in [1.165, 1.54) is 0 Å². The van der Waals surface area contributed by atoms with Crippen LogP contribution in [-0.2, 0) is 15.1 Å². The number of pyridine rings is 1. The molecule has 1 saturated carbocycles. The van der Waals surface area contributed by atoms with Crippen molar-refractivity contribution in [3.8, 4) is 0 Å². The van der Waals surface area contributed by atoms with Crippen molar-refractivity contribution in [2.24, 2.45) is 5.92 Å². The summed E-state index contributed by atoms with van der Waals surface area (Å²) in [6, 6.07) is 1.69. The van der Waals surface area contributed by atoms with Gasteiger partial charge in [-0.25, -0.2) is 4.79 Å². The normalized spacial score (nSPS) is 30.1. The Morgan fingerprint density at radius 2 is 2.17 bits per heavy atom. The van der Waals surface area contributed by atoms with E-state index >= 15 is 0 Å². The van der Waals surface area contributed by atoms with Gasteiger partial charge in [0, 0.05) is 23.9 Å². The standard InChI is InChI=1S/C13H12ClNO3/c14-11(16)8-1-4-13(5-2-8)10-7-15-6-3-9(10)12(17)18-13/h3,6-8H,1-2,4-5H2. The van der Waals surface area contributed by atoms with Gasteiger partial charge in [0.15, 0.2) is 0 Å². The maximum Gasteiger partial charge on any atom is 0.339 e. The van der Waals surface area contributed by atoms with E-state index in [1.54, 1.807) is 18.5 Å². The van der Waals surface area contributed by atoms with E-state index in [9.17, 15) is 9.59 Å². The van der Waals surface area contributed by atoms with Crippen molar-refractivity contribution in [3.63, 3.8) is 0 Å². The molecule has 4 nitrogen and oxygen atoms in total. The smallest absolute Gasteiger partial charge is 0.339 e. The van der Waals surface area contributed by atoms with Gasteiger partial charge < -0.3 is 4.74 Å². The average Bonchev–Trinajstić information content (AvgIpc) is 2.64. The van der Waals surface area contributed by atoms with E-state index in [1.807, 2.05) is 0 Å². The molecule has 0 bridgehead atoms. The molecule has 0 unspecified atom stereocenters. The summed E-state index contributed by atoms with van der Waals surface area (Å²) in [7, 11) is 0. The van der Waals surface area contributed by atoms with Crippen LogP contribution in [-0.4, -0.2) is 16.2 Å². The minimum Gasteiger partial charge on any atom is -0.450 e. The molecule has 3 rings (SSSR count). The number of carbonyl (C=O) groups is 2. The van der Waals surface area contributed by atoms with Crippen LogP contribution < -0.4 is 0 Å². The van der Waals surface area contributed by atoms with Crippen LogP contribution in [0.25, 0.3) is 0 Å². The number of esters is 1. The number of hydrogen-bond donors (Lipinski definition) is 0. The molecule has 0 N–H and O–H groups in total. The zero-order valence-electron chi connectivity index (χ0n) is 9.69. The van der Waals surface area contributed by atoms with Gasteiger partial charge in [0.1, 0.15) is 5.60 Å². The SMILES string of the molecule is O=C1OC2(CCC(C(=O)Cl)CC2)c2cnccc21. The summed E-state index contributed by atoms with van der Waals surface area (Å²) in [4.78, 5) is 27.0. The third-order valence-corrected chi connectivity index (χ3v) is 4.24. The number of aromatic nitrogens is 1. The van der Waals surface area contributed by atoms with Gasteiger partial charge in [0.05, 0.1) is 5.56 Å². The van der Waals surface area contributed by atoms with Crippen LogP contribution in [0.1, 0.15) is 41.6 Å². The maximum atomic E-state index is 11.8. The molecule has 1 aliphatic carbocycles. The first-order chi connectivity index (χ1) is 8.62. The zero-order valence-corrected chi connectivity index (χ0v) is 10.4. The van der Waals surface area contributed by atoms with Gasteiger partial charge in [0.25, 0.3) is 0 Å². The minimum absolute atomic E-state index is 0.114. The number of nitrogens with zero attached hydrogens (tertiary/aromatic N) is 1. The van der Waals surface area contributed by atoms with Crippen LogP contribution in [0.2, 0.25) is 0 Å². The van der Waals surface area contributed by atoms with Gasteiger partial charge in [0.2, 0.25) is 5.24 Å². The molecule has 0 saturated heterocycles. The van der Waals surface area contributed by atoms with Crippen LogP contribution in [0.5, 0.6) is 0 Å². The Morgan fingerprint density at radius 3 is 2.83 bits per heavy atom. The van der Waals surface area contributed by atoms with Crippen LogP contribution in [0, 0.1) is 5.92 Å². The predicted octanol–water partition coefficient (Wildman–Crippen LogP) is 2.40. The van der Waals surface area contributed by atoms with E-state index in [0.717, 1.165) is 5.56 Å². The molecule has 1 spiro atoms. The summed E-state index contributed by atoms with van der Waals surface area (Å²) in [5.74, 6) is -0.403. The van der Waals surface area contributed by atoms with E-state index in [2.05, 4.69) is 4.98 Å². The molecule has 1 aliphatic heterocycles. The first kappa shape index (κ1) is 11.7. The largest absolute Gasteiger partial charge is 0.450 e. The lowest BCUT2D eigenvalue weighted by Gasteiger charge is -2.35. The Labute approximate surface area is 109 Å². The Balaban J connectivity index is 1.91. The fraction of sp³-hybridized carbons (Fsp3) is 0.462. The number of halogens is 1. The van der Waals surface area contributed by atoms with Crippen molar-refractivity contribution in [1.82, 2.24) is 4.98 Å². The van der Waals surface area contributed by atoms with Gasteiger partial charge in [-0.1, -0.05) is 0 Å². The summed E-state index contributed by atoms with van der Waals surface area (Å²) in [5.41, 5.74) is 0.875. The molecule has 0 amide bonds. The number of hydrogen-bond acceptors (Lipinski definition) is 4. The Bertz CT molecular complexity index is 521. The van der Waals surface area contributed by atoms with Crippen LogP contribution >= 0.6 is 11.6 Å². The molecule has 0 aromatic carbocycles. The van der Waals surface area contributed by atoms with Crippen molar-refractivity contribution in [2.75, 3.05) is 0 Å². The first-order valence-corrected chi connectivity index (χ1v) is 6.37. The summed E-state index contributed by atoms with van der Waals surface area (Å²) in [6.07, 6.45) is 5.88. The first-order valence-electron chi connectivity index (χ1n) is 5.99. The van der Waals surface area contributed by atoms with Gasteiger partial charge in [-0.15, -0.1) is 0 Å². The second-order valence-corrected chi connectivity index (χ2v) is 5.26. The van der Waals surface area contributed by atoms with E-state index in [4.69, 9.17) is 16.3 Å². The second kappa shape index (κ2) is 4.05. The molecular formula is C13H12ClNO3. The zero-order chi connectivity index (χ0) is 12.8. The quantitative estimate of drug-likeness (QED) is 0.578. The molecule has 18 heavy (non-hydrogen) atoms. The second-order valence-electron chi connectivity index (χ2n) is 4.88. The lowest BCUT2D eigenvalue weighted by Crippen LogP contribution is -2.33. The Morgan fingerprint density at radius 1 is 1.44 bits per heavy atom. The molecule has 5 heteroatoms. The summed E-state index contributed by atoms with van der Waals surface area (Å²) in [6.45, 7) is 0. The molecule has 1 aromatic rings. The molecule has 2 heterocycles. The van der Waals surface area contributed by atoms with Crippen molar-refractivity contribution >= 4 is 22.8 Å². The summed E-state index contributed by atoms with van der Waals surface area (Å²) < 4.78 is 5.55. The third-order valence-electron chi connectivity index (χ3n) is 3.93. The monoisotopic (exact) mass is 265 g/mol. The van der Waals surface area contributed by atoms with Gasteiger partial charge in [-0.3, -0.25) is 9.78 Å². The number of fused-ring (bicyclic) bond motifs is 2. The molecule has 94 valence electrons. The van der Waals surface area contributed by atoms with Gasteiger partial charge in [-0.05, 0) is 43.4 Å². The van der Waals surface area contributed by atoms with Gasteiger partial charge in [-0.2, -0.15) is 0 Å². The summed E-state index contributed by atoms with van der Waals surface area (Å²) in [5, 5.41) is -0.291. The Kier molecular flexibility index (Phi) is 2.63. The lowest BCUT2D eigenvalue weighted by molar-refractivity contribution is -0.118. The van der Waals surface area contributed by atoms with Crippen molar-refractivity contribution in [3.05, 3.63) is 29.6 Å². The third kappa shape index (κ3) is 1.63. The fourth-order valence-electron chi connectivity index (χ4n) is 2.91. The Hall–Kier alpha value is -1.42. The van der Waals surface area contributed by atoms with Crippen LogP contribution in [0.3, 0.4) is 0 Å². The summed E-state index contributed by atoms with van der Waals surface area (Å²) >= 11 is 5.52. The number of carbonyl (C=O) groups excluding carboxylic acids is 2. The minimum atomic E-state index is -0.580. The van der Waals surface area contributed by atoms with Crippen LogP contribution in [0.4, 0.5) is 0 Å². The number of rotatable bonds is 1. The van der Waals surface area contributed by atoms with Gasteiger partial charge >= 0.3 is 5.97 Å². The van der Waals surface area contributed by atoms with Crippen molar-refractivity contribution in [2.45, 2.75) is 31.3 Å². The average molecular weight is 266 g/mol. The lowest BCUT2D eigenvalue weighted by atomic mass is 9.76. The topological polar surface area (TPSA) is 56.3 Å². The molecule has 2 aliphatic rings. The highest BCUT2D eigenvalue weighted by Gasteiger charge is 2.48.